The van der Waals surface area contributed by atoms with E-state index in [0.29, 0.717) is 0 Å². The minimum absolute atomic E-state index is 0.103. The van der Waals surface area contributed by atoms with Crippen LogP contribution in [0.4, 0.5) is 0 Å². The summed E-state index contributed by atoms with van der Waals surface area (Å²) >= 11 is 0. The van der Waals surface area contributed by atoms with Gasteiger partial charge in [0.1, 0.15) is 0 Å². The van der Waals surface area contributed by atoms with Crippen molar-refractivity contribution in [3.8, 4) is 0 Å². The Bertz CT molecular complexity index is 436. The molecule has 1 N–H and O–H groups in total. The molecule has 2 aromatic heterocycles. The fourth-order valence-electron chi connectivity index (χ4n) is 0.816. The van der Waals surface area contributed by atoms with Crippen molar-refractivity contribution in [3.05, 3.63) is 24.3 Å². The molecule has 0 aromatic carbocycles. The van der Waals surface area contributed by atoms with Crippen molar-refractivity contribution >= 4 is 11.7 Å². The van der Waals surface area contributed by atoms with E-state index in [1.807, 2.05) is 0 Å². The molecule has 6 heteroatoms. The highest BCUT2D eigenvalue weighted by Gasteiger charge is 2.06. The van der Waals surface area contributed by atoms with E-state index in [0.717, 1.165) is 0 Å². The molecule has 0 atom stereocenters. The standard InChI is InChI=1S/C6H4N4O2/c11-5(12)4-3-8-10-2-1-7-6(10)9-4/h1-3H,(H,11,12). The number of imidazole rings is 1. The third-order valence-corrected chi connectivity index (χ3v) is 1.35. The second-order valence-electron chi connectivity index (χ2n) is 2.12. The average Bonchev–Trinajstić information content (AvgIpc) is 2.49. The second-order valence-corrected chi connectivity index (χ2v) is 2.12. The number of carbonyl (C=O) groups is 1. The van der Waals surface area contributed by atoms with Crippen molar-refractivity contribution < 1.29 is 9.90 Å². The number of fused-ring (bicyclic) bond motifs is 1. The van der Waals surface area contributed by atoms with E-state index in [1.165, 1.54) is 16.9 Å². The zero-order chi connectivity index (χ0) is 8.55. The monoisotopic (exact) mass is 164 g/mol. The van der Waals surface area contributed by atoms with Crippen LogP contribution in [0.15, 0.2) is 18.6 Å². The van der Waals surface area contributed by atoms with Gasteiger partial charge in [-0.05, 0) is 0 Å². The topological polar surface area (TPSA) is 80.4 Å². The van der Waals surface area contributed by atoms with Crippen molar-refractivity contribution in [3.63, 3.8) is 0 Å². The van der Waals surface area contributed by atoms with Crippen molar-refractivity contribution in [1.29, 1.82) is 0 Å². The highest BCUT2D eigenvalue weighted by molar-refractivity contribution is 5.85. The molecule has 0 spiro atoms. The largest absolute Gasteiger partial charge is 0.476 e. The van der Waals surface area contributed by atoms with Crippen LogP contribution >= 0.6 is 0 Å². The molecule has 6 nitrogen and oxygen atoms in total. The van der Waals surface area contributed by atoms with Crippen LogP contribution in [0.5, 0.6) is 0 Å². The summed E-state index contributed by atoms with van der Waals surface area (Å²) in [5, 5.41) is 12.3. The van der Waals surface area contributed by atoms with Crippen LogP contribution in [0.25, 0.3) is 5.78 Å². The molecule has 2 aromatic rings. The van der Waals surface area contributed by atoms with Crippen molar-refractivity contribution in [2.24, 2.45) is 0 Å². The summed E-state index contributed by atoms with van der Waals surface area (Å²) in [5.41, 5.74) is -0.103. The molecule has 0 radical (unpaired) electrons. The summed E-state index contributed by atoms with van der Waals surface area (Å²) in [6, 6.07) is 0. The summed E-state index contributed by atoms with van der Waals surface area (Å²) in [5.74, 6) is -0.817. The van der Waals surface area contributed by atoms with Crippen LogP contribution in [0, 0.1) is 0 Å². The third-order valence-electron chi connectivity index (χ3n) is 1.35. The summed E-state index contributed by atoms with van der Waals surface area (Å²) in [7, 11) is 0. The van der Waals surface area contributed by atoms with Crippen LogP contribution in [0.2, 0.25) is 0 Å². The first kappa shape index (κ1) is 6.71. The van der Waals surface area contributed by atoms with E-state index in [2.05, 4.69) is 15.1 Å². The smallest absolute Gasteiger partial charge is 0.356 e. The number of aromatic nitrogens is 4. The quantitative estimate of drug-likeness (QED) is 0.632. The molecule has 0 bridgehead atoms. The number of rotatable bonds is 1. The van der Waals surface area contributed by atoms with E-state index in [4.69, 9.17) is 5.11 Å². The van der Waals surface area contributed by atoms with Gasteiger partial charge in [0.2, 0.25) is 0 Å². The SMILES string of the molecule is O=C(O)c1cnn2ccnc2n1. The number of hydrogen-bond donors (Lipinski definition) is 1. The number of nitrogens with zero attached hydrogens (tertiary/aromatic N) is 4. The average molecular weight is 164 g/mol. The summed E-state index contributed by atoms with van der Waals surface area (Å²) in [6.45, 7) is 0. The first-order valence-corrected chi connectivity index (χ1v) is 3.17. The van der Waals surface area contributed by atoms with Gasteiger partial charge < -0.3 is 5.11 Å². The van der Waals surface area contributed by atoms with Crippen LogP contribution in [0.3, 0.4) is 0 Å². The van der Waals surface area contributed by atoms with E-state index in [9.17, 15) is 4.79 Å². The fourth-order valence-corrected chi connectivity index (χ4v) is 0.816. The maximum absolute atomic E-state index is 10.4. The van der Waals surface area contributed by atoms with Crippen molar-refractivity contribution in [2.45, 2.75) is 0 Å². The van der Waals surface area contributed by atoms with E-state index >= 15 is 0 Å². The molecule has 60 valence electrons. The minimum atomic E-state index is -1.10. The van der Waals surface area contributed by atoms with Gasteiger partial charge in [-0.15, -0.1) is 0 Å². The Labute approximate surface area is 66.5 Å². The lowest BCUT2D eigenvalue weighted by atomic mass is 10.5. The van der Waals surface area contributed by atoms with E-state index in [1.54, 1.807) is 6.20 Å². The third kappa shape index (κ3) is 0.895. The molecule has 0 aliphatic rings. The molecule has 0 saturated heterocycles. The maximum atomic E-state index is 10.4. The Morgan fingerprint density at radius 2 is 2.42 bits per heavy atom. The Kier molecular flexibility index (Phi) is 1.26. The lowest BCUT2D eigenvalue weighted by Crippen LogP contribution is -2.04. The maximum Gasteiger partial charge on any atom is 0.356 e. The van der Waals surface area contributed by atoms with Crippen molar-refractivity contribution in [2.75, 3.05) is 0 Å². The molecular weight excluding hydrogens is 160 g/mol. The lowest BCUT2D eigenvalue weighted by molar-refractivity contribution is 0.0690. The van der Waals surface area contributed by atoms with Gasteiger partial charge in [-0.25, -0.2) is 19.3 Å². The number of carboxylic acids is 1. The molecule has 12 heavy (non-hydrogen) atoms. The zero-order valence-electron chi connectivity index (χ0n) is 5.88. The minimum Gasteiger partial charge on any atom is -0.476 e. The Balaban J connectivity index is 2.68. The van der Waals surface area contributed by atoms with Gasteiger partial charge >= 0.3 is 5.97 Å². The van der Waals surface area contributed by atoms with Crippen LogP contribution in [0.1, 0.15) is 10.5 Å². The summed E-state index contributed by atoms with van der Waals surface area (Å²) < 4.78 is 1.40. The molecule has 0 aliphatic carbocycles. The predicted octanol–water partition coefficient (Wildman–Crippen LogP) is -0.177. The Hall–Kier alpha value is -1.98. The highest BCUT2D eigenvalue weighted by Crippen LogP contribution is 1.95. The molecule has 2 rings (SSSR count). The highest BCUT2D eigenvalue weighted by atomic mass is 16.4. The normalized spacial score (nSPS) is 10.3. The van der Waals surface area contributed by atoms with Crippen LogP contribution < -0.4 is 0 Å². The Morgan fingerprint density at radius 1 is 1.58 bits per heavy atom. The first-order valence-electron chi connectivity index (χ1n) is 3.17. The summed E-state index contributed by atoms with van der Waals surface area (Å²) in [4.78, 5) is 17.9. The molecule has 2 heterocycles. The molecule has 0 amide bonds. The molecule has 0 fully saturated rings. The van der Waals surface area contributed by atoms with Gasteiger partial charge in [0.05, 0.1) is 12.4 Å². The zero-order valence-corrected chi connectivity index (χ0v) is 5.88. The molecule has 0 unspecified atom stereocenters. The Morgan fingerprint density at radius 3 is 3.17 bits per heavy atom. The van der Waals surface area contributed by atoms with Gasteiger partial charge in [-0.1, -0.05) is 0 Å². The first-order chi connectivity index (χ1) is 5.77. The predicted molar refractivity (Wildman–Crippen MR) is 37.7 cm³/mol. The van der Waals surface area contributed by atoms with Gasteiger partial charge in [-0.2, -0.15) is 5.10 Å². The second kappa shape index (κ2) is 2.26. The molecule has 0 saturated carbocycles. The van der Waals surface area contributed by atoms with Gasteiger partial charge in [0.25, 0.3) is 5.78 Å². The van der Waals surface area contributed by atoms with E-state index < -0.39 is 5.97 Å². The van der Waals surface area contributed by atoms with Gasteiger partial charge in [0, 0.05) is 6.20 Å². The fraction of sp³-hybridized carbons (Fsp3) is 0. The molecular formula is C6H4N4O2. The van der Waals surface area contributed by atoms with E-state index in [-0.39, 0.29) is 11.5 Å². The lowest BCUT2D eigenvalue weighted by Gasteiger charge is -1.92. The number of hydrogen-bond acceptors (Lipinski definition) is 4. The molecule has 0 aliphatic heterocycles. The van der Waals surface area contributed by atoms with Crippen molar-refractivity contribution in [1.82, 2.24) is 19.6 Å². The van der Waals surface area contributed by atoms with Crippen LogP contribution in [-0.2, 0) is 0 Å². The number of carboxylic acid groups (broad SMARTS) is 1. The van der Waals surface area contributed by atoms with Crippen LogP contribution in [-0.4, -0.2) is 30.7 Å². The number of aromatic carboxylic acids is 1. The summed E-state index contributed by atoms with van der Waals surface area (Å²) in [6.07, 6.45) is 4.27. The van der Waals surface area contributed by atoms with Gasteiger partial charge in [-0.3, -0.25) is 0 Å². The van der Waals surface area contributed by atoms with Gasteiger partial charge in [0.15, 0.2) is 5.69 Å².